The maximum atomic E-state index is 14.7. The van der Waals surface area contributed by atoms with Gasteiger partial charge in [0.1, 0.15) is 10.8 Å². The van der Waals surface area contributed by atoms with Crippen molar-refractivity contribution in [2.45, 2.75) is 4.90 Å². The highest BCUT2D eigenvalue weighted by molar-refractivity contribution is 7.90. The van der Waals surface area contributed by atoms with Crippen LogP contribution in [0, 0.1) is 5.82 Å². The first-order valence-corrected chi connectivity index (χ1v) is 8.71. The highest BCUT2D eigenvalue weighted by Crippen LogP contribution is 2.35. The van der Waals surface area contributed by atoms with Crippen LogP contribution >= 0.6 is 11.6 Å². The largest absolute Gasteiger partial charge is 0.298 e. The molecule has 24 heavy (non-hydrogen) atoms. The minimum atomic E-state index is -4.17. The van der Waals surface area contributed by atoms with E-state index in [1.807, 2.05) is 0 Å². The number of aromatic nitrogens is 1. The van der Waals surface area contributed by atoms with Gasteiger partial charge in [0.05, 0.1) is 10.5 Å². The van der Waals surface area contributed by atoms with Crippen LogP contribution in [0.1, 0.15) is 10.4 Å². The highest BCUT2D eigenvalue weighted by Gasteiger charge is 2.31. The first-order chi connectivity index (χ1) is 11.5. The molecule has 4 nitrogen and oxygen atoms in total. The zero-order valence-electron chi connectivity index (χ0n) is 12.2. The predicted molar refractivity (Wildman–Crippen MR) is 89.2 cm³/mol. The molecule has 0 saturated carbocycles. The van der Waals surface area contributed by atoms with Crippen LogP contribution in [0.15, 0.2) is 65.6 Å². The molecule has 7 heteroatoms. The van der Waals surface area contributed by atoms with Crippen LogP contribution in [0.2, 0.25) is 5.15 Å². The summed E-state index contributed by atoms with van der Waals surface area (Å²) in [5, 5.41) is -0.481. The predicted octanol–water partition coefficient (Wildman–Crippen LogP) is 4.00. The number of benzene rings is 2. The van der Waals surface area contributed by atoms with Gasteiger partial charge in [-0.05, 0) is 12.1 Å². The fourth-order valence-electron chi connectivity index (χ4n) is 2.38. The smallest absolute Gasteiger partial charge is 0.269 e. The van der Waals surface area contributed by atoms with Crippen LogP contribution in [0.5, 0.6) is 0 Å². The van der Waals surface area contributed by atoms with E-state index in [2.05, 4.69) is 0 Å². The monoisotopic (exact) mass is 363 g/mol. The van der Waals surface area contributed by atoms with Crippen LogP contribution < -0.4 is 0 Å². The van der Waals surface area contributed by atoms with E-state index in [0.717, 1.165) is 0 Å². The number of hydrogen-bond donors (Lipinski definition) is 0. The number of carbonyl (C=O) groups excluding carboxylic acids is 1. The lowest BCUT2D eigenvalue weighted by atomic mass is 10.1. The summed E-state index contributed by atoms with van der Waals surface area (Å²) in [6.45, 7) is 0. The van der Waals surface area contributed by atoms with Crippen molar-refractivity contribution in [3.63, 3.8) is 0 Å². The van der Waals surface area contributed by atoms with Crippen molar-refractivity contribution in [3.05, 3.63) is 77.2 Å². The molecule has 0 fully saturated rings. The summed E-state index contributed by atoms with van der Waals surface area (Å²) in [5.41, 5.74) is -0.467. The van der Waals surface area contributed by atoms with Gasteiger partial charge in [0, 0.05) is 5.56 Å². The zero-order chi connectivity index (χ0) is 17.3. The first kappa shape index (κ1) is 16.4. The van der Waals surface area contributed by atoms with Crippen molar-refractivity contribution in [2.24, 2.45) is 0 Å². The van der Waals surface area contributed by atoms with Gasteiger partial charge in [-0.25, -0.2) is 16.8 Å². The van der Waals surface area contributed by atoms with Crippen molar-refractivity contribution in [3.8, 4) is 11.3 Å². The summed E-state index contributed by atoms with van der Waals surface area (Å²) >= 11 is 6.03. The first-order valence-electron chi connectivity index (χ1n) is 6.89. The number of aldehydes is 1. The Bertz CT molecular complexity index is 999. The second-order valence-corrected chi connectivity index (χ2v) is 7.08. The lowest BCUT2D eigenvalue weighted by molar-refractivity contribution is 0.112. The molecule has 122 valence electrons. The molecule has 0 saturated heterocycles. The molecule has 0 bridgehead atoms. The quantitative estimate of drug-likeness (QED) is 0.658. The van der Waals surface area contributed by atoms with Crippen LogP contribution in [-0.4, -0.2) is 18.7 Å². The molecule has 0 aliphatic heterocycles. The Hall–Kier alpha value is -2.44. The summed E-state index contributed by atoms with van der Waals surface area (Å²) in [7, 11) is -4.17. The maximum absolute atomic E-state index is 14.7. The molecule has 1 heterocycles. The average Bonchev–Trinajstić information content (AvgIpc) is 2.87. The van der Waals surface area contributed by atoms with Crippen molar-refractivity contribution >= 4 is 27.9 Å². The molecule has 0 radical (unpaired) electrons. The Labute approximate surface area is 143 Å². The third-order valence-corrected chi connectivity index (χ3v) is 5.68. The van der Waals surface area contributed by atoms with E-state index in [4.69, 9.17) is 11.6 Å². The minimum absolute atomic E-state index is 0.0588. The van der Waals surface area contributed by atoms with Gasteiger partial charge < -0.3 is 0 Å². The molecule has 2 aromatic carbocycles. The summed E-state index contributed by atoms with van der Waals surface area (Å²) in [4.78, 5) is 11.1. The average molecular weight is 364 g/mol. The maximum Gasteiger partial charge on any atom is 0.269 e. The number of nitrogens with zero attached hydrogens (tertiary/aromatic N) is 1. The van der Waals surface area contributed by atoms with E-state index >= 15 is 0 Å². The van der Waals surface area contributed by atoms with E-state index in [0.29, 0.717) is 9.54 Å². The molecule has 0 spiro atoms. The molecule has 0 N–H and O–H groups in total. The van der Waals surface area contributed by atoms with Crippen LogP contribution in [0.4, 0.5) is 4.39 Å². The minimum Gasteiger partial charge on any atom is -0.298 e. The molecule has 3 aromatic rings. The lowest BCUT2D eigenvalue weighted by Gasteiger charge is -2.12. The fraction of sp³-hybridized carbons (Fsp3) is 0. The number of carbonyl (C=O) groups is 1. The Morgan fingerprint density at radius 3 is 2.04 bits per heavy atom. The zero-order valence-corrected chi connectivity index (χ0v) is 13.8. The van der Waals surface area contributed by atoms with Crippen molar-refractivity contribution in [1.29, 1.82) is 0 Å². The Morgan fingerprint density at radius 1 is 0.958 bits per heavy atom. The van der Waals surface area contributed by atoms with Gasteiger partial charge >= 0.3 is 0 Å². The fourth-order valence-corrected chi connectivity index (χ4v) is 4.31. The van der Waals surface area contributed by atoms with Crippen LogP contribution in [-0.2, 0) is 10.0 Å². The molecular formula is C17H11ClFNO3S. The molecule has 0 amide bonds. The SMILES string of the molecule is O=Cc1c(F)c(-c2ccccc2)n(S(=O)(=O)c2ccccc2)c1Cl. The summed E-state index contributed by atoms with van der Waals surface area (Å²) in [6.07, 6.45) is 0.209. The van der Waals surface area contributed by atoms with Crippen LogP contribution in [0.25, 0.3) is 11.3 Å². The molecule has 0 aliphatic carbocycles. The second-order valence-electron chi connectivity index (χ2n) is 4.93. The Balaban J connectivity index is 2.39. The van der Waals surface area contributed by atoms with Crippen molar-refractivity contribution in [1.82, 2.24) is 3.97 Å². The van der Waals surface area contributed by atoms with Gasteiger partial charge in [0.2, 0.25) is 0 Å². The van der Waals surface area contributed by atoms with E-state index in [1.54, 1.807) is 48.5 Å². The van der Waals surface area contributed by atoms with Gasteiger partial charge in [0.25, 0.3) is 10.0 Å². The molecule has 0 aliphatic rings. The number of hydrogen-bond acceptors (Lipinski definition) is 3. The Kier molecular flexibility index (Phi) is 4.26. The molecule has 1 aromatic heterocycles. The van der Waals surface area contributed by atoms with Crippen molar-refractivity contribution in [2.75, 3.05) is 0 Å². The highest BCUT2D eigenvalue weighted by atomic mass is 35.5. The van der Waals surface area contributed by atoms with E-state index in [1.165, 1.54) is 12.1 Å². The standard InChI is InChI=1S/C17H11ClFNO3S/c18-17-14(11-21)15(19)16(12-7-3-1-4-8-12)20(17)24(22,23)13-9-5-2-6-10-13/h1-11H. The van der Waals surface area contributed by atoms with E-state index in [-0.39, 0.29) is 16.9 Å². The molecule has 0 atom stereocenters. The lowest BCUT2D eigenvalue weighted by Crippen LogP contribution is -2.14. The van der Waals surface area contributed by atoms with Gasteiger partial charge in [-0.1, -0.05) is 60.1 Å². The Morgan fingerprint density at radius 2 is 1.50 bits per heavy atom. The van der Waals surface area contributed by atoms with E-state index in [9.17, 15) is 17.6 Å². The molecular weight excluding hydrogens is 353 g/mol. The molecule has 0 unspecified atom stereocenters. The summed E-state index contributed by atoms with van der Waals surface area (Å²) in [5.74, 6) is -0.972. The number of rotatable bonds is 4. The third kappa shape index (κ3) is 2.53. The topological polar surface area (TPSA) is 56.1 Å². The summed E-state index contributed by atoms with van der Waals surface area (Å²) < 4.78 is 41.2. The number of halogens is 2. The van der Waals surface area contributed by atoms with Gasteiger partial charge in [0.15, 0.2) is 12.1 Å². The van der Waals surface area contributed by atoms with Crippen molar-refractivity contribution < 1.29 is 17.6 Å². The summed E-state index contributed by atoms with van der Waals surface area (Å²) in [6, 6.07) is 15.6. The second kappa shape index (κ2) is 6.22. The van der Waals surface area contributed by atoms with Gasteiger partial charge in [-0.3, -0.25) is 4.79 Å². The van der Waals surface area contributed by atoms with E-state index < -0.39 is 26.6 Å². The third-order valence-electron chi connectivity index (χ3n) is 3.49. The normalized spacial score (nSPS) is 11.4. The van der Waals surface area contributed by atoms with Crippen LogP contribution in [0.3, 0.4) is 0 Å². The van der Waals surface area contributed by atoms with Gasteiger partial charge in [-0.2, -0.15) is 0 Å². The van der Waals surface area contributed by atoms with Gasteiger partial charge in [-0.15, -0.1) is 0 Å². The molecule has 3 rings (SSSR count).